The Balaban J connectivity index is 1.63. The fourth-order valence-corrected chi connectivity index (χ4v) is 4.72. The van der Waals surface area contributed by atoms with E-state index < -0.39 is 0 Å². The predicted molar refractivity (Wildman–Crippen MR) is 126 cm³/mol. The molecule has 7 heteroatoms. The smallest absolute Gasteiger partial charge is 0.263 e. The number of aryl methyl sites for hydroxylation is 1. The van der Waals surface area contributed by atoms with Crippen molar-refractivity contribution in [1.82, 2.24) is 19.2 Å². The number of thioether (sulfide) groups is 1. The molecule has 0 bridgehead atoms. The van der Waals surface area contributed by atoms with E-state index in [0.717, 1.165) is 21.8 Å². The summed E-state index contributed by atoms with van der Waals surface area (Å²) in [6.45, 7) is 2.48. The molecular weight excluding hydrogens is 428 g/mol. The Kier molecular flexibility index (Phi) is 5.26. The number of hydrogen-bond acceptors (Lipinski definition) is 4. The number of aromatic nitrogens is 4. The molecule has 0 radical (unpaired) electrons. The number of para-hydroxylation sites is 1. The molecule has 5 nitrogen and oxygen atoms in total. The summed E-state index contributed by atoms with van der Waals surface area (Å²) < 4.78 is 3.67. The third-order valence-electron chi connectivity index (χ3n) is 5.20. The van der Waals surface area contributed by atoms with Crippen LogP contribution >= 0.6 is 23.4 Å². The van der Waals surface area contributed by atoms with Gasteiger partial charge in [0, 0.05) is 10.8 Å². The molecule has 0 fully saturated rings. The van der Waals surface area contributed by atoms with Crippen LogP contribution in [-0.4, -0.2) is 19.2 Å². The van der Waals surface area contributed by atoms with Gasteiger partial charge in [0.1, 0.15) is 0 Å². The second kappa shape index (κ2) is 8.21. The van der Waals surface area contributed by atoms with E-state index in [2.05, 4.69) is 22.3 Å². The Bertz CT molecular complexity index is 1460. The van der Waals surface area contributed by atoms with E-state index in [1.54, 1.807) is 16.3 Å². The first-order valence-corrected chi connectivity index (χ1v) is 11.3. The lowest BCUT2D eigenvalue weighted by molar-refractivity contribution is 0.763. The summed E-state index contributed by atoms with van der Waals surface area (Å²) in [5.41, 5.74) is 4.07. The van der Waals surface area contributed by atoms with Gasteiger partial charge in [-0.05, 0) is 42.3 Å². The SMILES string of the molecule is Cc1ccc(Cn2c(=O)c3ccccc3n3c(SCc4cccc(Cl)c4)nnc23)cc1. The van der Waals surface area contributed by atoms with Crippen LogP contribution in [-0.2, 0) is 12.3 Å². The van der Waals surface area contributed by atoms with Gasteiger partial charge >= 0.3 is 0 Å². The number of fused-ring (bicyclic) bond motifs is 3. The molecule has 2 aromatic heterocycles. The number of nitrogens with zero attached hydrogens (tertiary/aromatic N) is 4. The summed E-state index contributed by atoms with van der Waals surface area (Å²) in [6, 6.07) is 23.6. The van der Waals surface area contributed by atoms with Gasteiger partial charge in [-0.1, -0.05) is 77.5 Å². The fraction of sp³-hybridized carbons (Fsp3) is 0.125. The van der Waals surface area contributed by atoms with Crippen LogP contribution in [0.5, 0.6) is 0 Å². The van der Waals surface area contributed by atoms with E-state index in [0.29, 0.717) is 28.5 Å². The van der Waals surface area contributed by atoms with Crippen molar-refractivity contribution in [1.29, 1.82) is 0 Å². The predicted octanol–water partition coefficient (Wildman–Crippen LogP) is 5.35. The molecule has 0 spiro atoms. The molecule has 0 atom stereocenters. The minimum Gasteiger partial charge on any atom is -0.272 e. The van der Waals surface area contributed by atoms with Crippen molar-refractivity contribution in [2.75, 3.05) is 0 Å². The van der Waals surface area contributed by atoms with E-state index in [1.165, 1.54) is 5.56 Å². The summed E-state index contributed by atoms with van der Waals surface area (Å²) in [7, 11) is 0. The molecule has 0 saturated carbocycles. The molecular formula is C24H19ClN4OS. The largest absolute Gasteiger partial charge is 0.272 e. The fourth-order valence-electron chi connectivity index (χ4n) is 3.62. The zero-order chi connectivity index (χ0) is 21.4. The highest BCUT2D eigenvalue weighted by Gasteiger charge is 2.17. The van der Waals surface area contributed by atoms with Gasteiger partial charge in [-0.2, -0.15) is 0 Å². The van der Waals surface area contributed by atoms with Crippen molar-refractivity contribution in [2.45, 2.75) is 24.4 Å². The Morgan fingerprint density at radius 3 is 2.55 bits per heavy atom. The molecule has 2 heterocycles. The first-order valence-electron chi connectivity index (χ1n) is 9.89. The molecule has 31 heavy (non-hydrogen) atoms. The molecule has 5 aromatic rings. The summed E-state index contributed by atoms with van der Waals surface area (Å²) in [4.78, 5) is 13.3. The van der Waals surface area contributed by atoms with Gasteiger partial charge in [0.25, 0.3) is 5.56 Å². The highest BCUT2D eigenvalue weighted by atomic mass is 35.5. The van der Waals surface area contributed by atoms with Crippen LogP contribution in [0, 0.1) is 6.92 Å². The summed E-state index contributed by atoms with van der Waals surface area (Å²) in [5.74, 6) is 1.24. The maximum atomic E-state index is 13.3. The number of hydrogen-bond donors (Lipinski definition) is 0. The van der Waals surface area contributed by atoms with Gasteiger partial charge in [0.05, 0.1) is 17.4 Å². The first kappa shape index (κ1) is 19.8. The molecule has 3 aromatic carbocycles. The first-order chi connectivity index (χ1) is 15.1. The monoisotopic (exact) mass is 446 g/mol. The van der Waals surface area contributed by atoms with Crippen molar-refractivity contribution in [2.24, 2.45) is 0 Å². The summed E-state index contributed by atoms with van der Waals surface area (Å²) in [6.07, 6.45) is 0. The van der Waals surface area contributed by atoms with Gasteiger partial charge in [-0.15, -0.1) is 10.2 Å². The van der Waals surface area contributed by atoms with E-state index in [-0.39, 0.29) is 5.56 Å². The van der Waals surface area contributed by atoms with Gasteiger partial charge in [0.2, 0.25) is 5.78 Å². The average Bonchev–Trinajstić information content (AvgIpc) is 3.21. The highest BCUT2D eigenvalue weighted by Crippen LogP contribution is 2.26. The van der Waals surface area contributed by atoms with Gasteiger partial charge in [-0.25, -0.2) is 0 Å². The second-order valence-electron chi connectivity index (χ2n) is 7.43. The Morgan fingerprint density at radius 2 is 1.74 bits per heavy atom. The lowest BCUT2D eigenvalue weighted by Crippen LogP contribution is -2.24. The third kappa shape index (κ3) is 3.84. The molecule has 0 saturated heterocycles. The summed E-state index contributed by atoms with van der Waals surface area (Å²) >= 11 is 7.69. The maximum Gasteiger partial charge on any atom is 0.263 e. The molecule has 5 rings (SSSR count). The van der Waals surface area contributed by atoms with Crippen LogP contribution in [0.25, 0.3) is 16.7 Å². The Hall–Kier alpha value is -3.09. The molecule has 0 aliphatic rings. The maximum absolute atomic E-state index is 13.3. The van der Waals surface area contributed by atoms with Crippen LogP contribution in [0.15, 0.2) is 82.7 Å². The molecule has 0 aliphatic carbocycles. The van der Waals surface area contributed by atoms with E-state index in [4.69, 9.17) is 11.6 Å². The number of halogens is 1. The number of rotatable bonds is 5. The topological polar surface area (TPSA) is 52.2 Å². The minimum atomic E-state index is -0.0672. The van der Waals surface area contributed by atoms with E-state index >= 15 is 0 Å². The van der Waals surface area contributed by atoms with Crippen molar-refractivity contribution in [3.05, 3.63) is 105 Å². The highest BCUT2D eigenvalue weighted by molar-refractivity contribution is 7.98. The second-order valence-corrected chi connectivity index (χ2v) is 8.81. The van der Waals surface area contributed by atoms with Crippen LogP contribution < -0.4 is 5.56 Å². The van der Waals surface area contributed by atoms with Crippen LogP contribution in [0.1, 0.15) is 16.7 Å². The minimum absolute atomic E-state index is 0.0672. The van der Waals surface area contributed by atoms with Crippen molar-refractivity contribution >= 4 is 40.0 Å². The van der Waals surface area contributed by atoms with Crippen LogP contribution in [0.3, 0.4) is 0 Å². The van der Waals surface area contributed by atoms with Crippen molar-refractivity contribution in [3.8, 4) is 0 Å². The van der Waals surface area contributed by atoms with Gasteiger partial charge in [-0.3, -0.25) is 13.8 Å². The van der Waals surface area contributed by atoms with Gasteiger partial charge < -0.3 is 0 Å². The Labute approximate surface area is 188 Å². The zero-order valence-electron chi connectivity index (χ0n) is 16.8. The summed E-state index contributed by atoms with van der Waals surface area (Å²) in [5, 5.41) is 10.9. The quantitative estimate of drug-likeness (QED) is 0.342. The molecule has 154 valence electrons. The normalized spacial score (nSPS) is 11.4. The zero-order valence-corrected chi connectivity index (χ0v) is 18.4. The lowest BCUT2D eigenvalue weighted by atomic mass is 10.1. The number of benzene rings is 3. The van der Waals surface area contributed by atoms with E-state index in [1.807, 2.05) is 72.0 Å². The van der Waals surface area contributed by atoms with Crippen LogP contribution in [0.2, 0.25) is 5.02 Å². The van der Waals surface area contributed by atoms with Gasteiger partial charge in [0.15, 0.2) is 5.16 Å². The molecule has 0 amide bonds. The third-order valence-corrected chi connectivity index (χ3v) is 6.43. The van der Waals surface area contributed by atoms with Crippen molar-refractivity contribution in [3.63, 3.8) is 0 Å². The molecule has 0 unspecified atom stereocenters. The Morgan fingerprint density at radius 1 is 0.935 bits per heavy atom. The standard InChI is InChI=1S/C24H19ClN4OS/c1-16-9-11-17(12-10-16)14-28-22(30)20-7-2-3-8-21(20)29-23(28)26-27-24(29)31-15-18-5-4-6-19(25)13-18/h2-13H,14-15H2,1H3. The molecule has 0 aliphatic heterocycles. The average molecular weight is 447 g/mol. The molecule has 0 N–H and O–H groups in total. The lowest BCUT2D eigenvalue weighted by Gasteiger charge is -2.11. The van der Waals surface area contributed by atoms with Crippen LogP contribution in [0.4, 0.5) is 0 Å². The van der Waals surface area contributed by atoms with Crippen molar-refractivity contribution < 1.29 is 0 Å². The van der Waals surface area contributed by atoms with E-state index in [9.17, 15) is 4.79 Å².